The van der Waals surface area contributed by atoms with E-state index in [1.54, 1.807) is 12.1 Å². The molecule has 1 aromatic heterocycles. The molecule has 0 atom stereocenters. The largest absolute Gasteiger partial charge is 0.562 e. The number of furan rings is 1. The zero-order valence-corrected chi connectivity index (χ0v) is 10.3. The minimum Gasteiger partial charge on any atom is -0.508 e. The highest BCUT2D eigenvalue weighted by molar-refractivity contribution is 6.65. The van der Waals surface area contributed by atoms with Gasteiger partial charge in [0.2, 0.25) is 0 Å². The van der Waals surface area contributed by atoms with Gasteiger partial charge in [-0.1, -0.05) is 23.8 Å². The minimum atomic E-state index is -1.29. The van der Waals surface area contributed by atoms with Crippen molar-refractivity contribution in [1.82, 2.24) is 0 Å². The van der Waals surface area contributed by atoms with E-state index < -0.39 is 7.12 Å². The van der Waals surface area contributed by atoms with Gasteiger partial charge in [-0.2, -0.15) is 0 Å². The Hall–Kier alpha value is -2.27. The molecule has 1 N–H and O–H groups in total. The molecule has 94 valence electrons. The summed E-state index contributed by atoms with van der Waals surface area (Å²) in [6.45, 7) is 2.22. The Morgan fingerprint density at radius 2 is 2.11 bits per heavy atom. The summed E-state index contributed by atoms with van der Waals surface area (Å²) in [5.41, 5.74) is 3.02. The average Bonchev–Trinajstić information content (AvgIpc) is 2.76. The van der Waals surface area contributed by atoms with Gasteiger partial charge in [-0.15, -0.1) is 0 Å². The molecule has 0 unspecified atom stereocenters. The number of carbonyl (C=O) groups excluding carboxylic acids is 1. The molecule has 0 amide bonds. The van der Waals surface area contributed by atoms with Crippen molar-refractivity contribution >= 4 is 41.0 Å². The van der Waals surface area contributed by atoms with Gasteiger partial charge in [-0.3, -0.25) is 4.79 Å². The first-order valence-corrected chi connectivity index (χ1v) is 5.89. The molecule has 1 heterocycles. The highest BCUT2D eigenvalue weighted by atomic mass is 16.5. The summed E-state index contributed by atoms with van der Waals surface area (Å²) >= 11 is 0. The smallest absolute Gasteiger partial charge is 0.508 e. The maximum Gasteiger partial charge on any atom is 0.562 e. The summed E-state index contributed by atoms with van der Waals surface area (Å²) in [6, 6.07) is 11.1. The molecule has 0 aliphatic rings. The predicted molar refractivity (Wildman–Crippen MR) is 73.2 cm³/mol. The summed E-state index contributed by atoms with van der Waals surface area (Å²) in [7, 11) is -1.29. The maximum absolute atomic E-state index is 10.4. The first kappa shape index (κ1) is 11.8. The molecular weight excluding hydrogens is 243 g/mol. The molecule has 0 fully saturated rings. The van der Waals surface area contributed by atoms with E-state index in [0.717, 1.165) is 21.9 Å². The minimum absolute atomic E-state index is 0.233. The SMILES string of the molecule is Cc1ccc2oc3cccc(B(O)OC=O)c3c2c1. The van der Waals surface area contributed by atoms with Crippen molar-refractivity contribution in [1.29, 1.82) is 0 Å². The van der Waals surface area contributed by atoms with E-state index in [9.17, 15) is 9.82 Å². The van der Waals surface area contributed by atoms with Gasteiger partial charge in [-0.25, -0.2) is 0 Å². The van der Waals surface area contributed by atoms with Crippen LogP contribution in [0.1, 0.15) is 5.56 Å². The average molecular weight is 254 g/mol. The van der Waals surface area contributed by atoms with Crippen LogP contribution in [0, 0.1) is 6.92 Å². The van der Waals surface area contributed by atoms with Gasteiger partial charge < -0.3 is 14.1 Å². The number of rotatable bonds is 3. The lowest BCUT2D eigenvalue weighted by molar-refractivity contribution is -0.121. The lowest BCUT2D eigenvalue weighted by Gasteiger charge is -2.04. The topological polar surface area (TPSA) is 59.7 Å². The van der Waals surface area contributed by atoms with Crippen molar-refractivity contribution in [2.75, 3.05) is 0 Å². The molecule has 5 heteroatoms. The van der Waals surface area contributed by atoms with E-state index in [-0.39, 0.29) is 6.47 Å². The van der Waals surface area contributed by atoms with Gasteiger partial charge in [0, 0.05) is 16.2 Å². The quantitative estimate of drug-likeness (QED) is 0.571. The monoisotopic (exact) mass is 254 g/mol. The van der Waals surface area contributed by atoms with E-state index in [2.05, 4.69) is 4.65 Å². The van der Waals surface area contributed by atoms with Crippen LogP contribution in [0.4, 0.5) is 0 Å². The van der Waals surface area contributed by atoms with Crippen molar-refractivity contribution < 1.29 is 18.9 Å². The van der Waals surface area contributed by atoms with Crippen LogP contribution in [0.15, 0.2) is 40.8 Å². The summed E-state index contributed by atoms with van der Waals surface area (Å²) < 4.78 is 10.3. The van der Waals surface area contributed by atoms with E-state index in [1.807, 2.05) is 31.2 Å². The molecule has 0 radical (unpaired) electrons. The third-order valence-electron chi connectivity index (χ3n) is 3.13. The Balaban J connectivity index is 2.36. The second-order valence-electron chi connectivity index (χ2n) is 4.41. The van der Waals surface area contributed by atoms with Gasteiger partial charge >= 0.3 is 7.12 Å². The molecule has 0 saturated carbocycles. The second-order valence-corrected chi connectivity index (χ2v) is 4.41. The molecule has 0 aliphatic heterocycles. The molecule has 0 bridgehead atoms. The van der Waals surface area contributed by atoms with E-state index in [4.69, 9.17) is 4.42 Å². The van der Waals surface area contributed by atoms with Crippen LogP contribution in [0.5, 0.6) is 0 Å². The van der Waals surface area contributed by atoms with Crippen LogP contribution in [-0.4, -0.2) is 18.6 Å². The van der Waals surface area contributed by atoms with Crippen molar-refractivity contribution in [3.63, 3.8) is 0 Å². The number of hydrogen-bond acceptors (Lipinski definition) is 4. The van der Waals surface area contributed by atoms with Gasteiger partial charge in [-0.05, 0) is 25.1 Å². The number of aryl methyl sites for hydroxylation is 1. The van der Waals surface area contributed by atoms with Gasteiger partial charge in [0.1, 0.15) is 11.2 Å². The Bertz CT molecular complexity index is 763. The Labute approximate surface area is 109 Å². The molecular formula is C14H11BO4. The lowest BCUT2D eigenvalue weighted by atomic mass is 9.77. The third kappa shape index (κ3) is 1.88. The van der Waals surface area contributed by atoms with Crippen molar-refractivity contribution in [3.05, 3.63) is 42.0 Å². The fourth-order valence-corrected chi connectivity index (χ4v) is 2.30. The van der Waals surface area contributed by atoms with Crippen LogP contribution >= 0.6 is 0 Å². The normalized spacial score (nSPS) is 10.8. The Morgan fingerprint density at radius 3 is 2.89 bits per heavy atom. The molecule has 19 heavy (non-hydrogen) atoms. The zero-order valence-electron chi connectivity index (χ0n) is 10.3. The molecule has 3 rings (SSSR count). The summed E-state index contributed by atoms with van der Waals surface area (Å²) in [5, 5.41) is 11.5. The van der Waals surface area contributed by atoms with Crippen LogP contribution in [0.25, 0.3) is 21.9 Å². The molecule has 4 nitrogen and oxygen atoms in total. The maximum atomic E-state index is 10.4. The van der Waals surface area contributed by atoms with Crippen LogP contribution < -0.4 is 5.46 Å². The van der Waals surface area contributed by atoms with Gasteiger partial charge in [0.05, 0.1) is 0 Å². The molecule has 3 aromatic rings. The fourth-order valence-electron chi connectivity index (χ4n) is 2.30. The van der Waals surface area contributed by atoms with Crippen LogP contribution in [0.2, 0.25) is 0 Å². The summed E-state index contributed by atoms with van der Waals surface area (Å²) in [4.78, 5) is 10.4. The molecule has 2 aromatic carbocycles. The number of hydrogen-bond donors (Lipinski definition) is 1. The molecule has 0 aliphatic carbocycles. The Morgan fingerprint density at radius 1 is 1.26 bits per heavy atom. The molecule has 0 spiro atoms. The number of fused-ring (bicyclic) bond motifs is 3. The Kier molecular flexibility index (Phi) is 2.76. The first-order valence-electron chi connectivity index (χ1n) is 5.89. The van der Waals surface area contributed by atoms with E-state index in [1.165, 1.54) is 0 Å². The first-order chi connectivity index (χ1) is 9.20. The summed E-state index contributed by atoms with van der Waals surface area (Å²) in [5.74, 6) is 0. The van der Waals surface area contributed by atoms with Gasteiger partial charge in [0.25, 0.3) is 6.47 Å². The third-order valence-corrected chi connectivity index (χ3v) is 3.13. The van der Waals surface area contributed by atoms with Gasteiger partial charge in [0.15, 0.2) is 0 Å². The zero-order chi connectivity index (χ0) is 13.4. The second kappa shape index (κ2) is 4.44. The van der Waals surface area contributed by atoms with E-state index in [0.29, 0.717) is 11.0 Å². The lowest BCUT2D eigenvalue weighted by Crippen LogP contribution is -2.33. The van der Waals surface area contributed by atoms with Crippen molar-refractivity contribution in [2.45, 2.75) is 6.92 Å². The standard InChI is InChI=1S/C14H11BO4/c1-9-5-6-12-10(7-9)14-11(15(17)18-8-16)3-2-4-13(14)19-12/h2-8,17H,1H3. The highest BCUT2D eigenvalue weighted by Crippen LogP contribution is 2.28. The van der Waals surface area contributed by atoms with E-state index >= 15 is 0 Å². The van der Waals surface area contributed by atoms with Crippen molar-refractivity contribution in [2.24, 2.45) is 0 Å². The van der Waals surface area contributed by atoms with Crippen LogP contribution in [-0.2, 0) is 9.45 Å². The predicted octanol–water partition coefficient (Wildman–Crippen LogP) is 1.75. The summed E-state index contributed by atoms with van der Waals surface area (Å²) in [6.07, 6.45) is 0. The fraction of sp³-hybridized carbons (Fsp3) is 0.0714. The number of carbonyl (C=O) groups is 1. The molecule has 0 saturated heterocycles. The van der Waals surface area contributed by atoms with Crippen LogP contribution in [0.3, 0.4) is 0 Å². The highest BCUT2D eigenvalue weighted by Gasteiger charge is 2.23. The number of benzene rings is 2. The van der Waals surface area contributed by atoms with Crippen molar-refractivity contribution in [3.8, 4) is 0 Å².